The maximum Gasteiger partial charge on any atom is 0.0685 e. The van der Waals surface area contributed by atoms with Crippen molar-refractivity contribution in [1.29, 1.82) is 0 Å². The summed E-state index contributed by atoms with van der Waals surface area (Å²) in [7, 11) is 0. The summed E-state index contributed by atoms with van der Waals surface area (Å²) in [6, 6.07) is 0.424. The van der Waals surface area contributed by atoms with Gasteiger partial charge in [0.15, 0.2) is 0 Å². The largest absolute Gasteiger partial charge is 0.375 e. The highest BCUT2D eigenvalue weighted by Gasteiger charge is 2.43. The van der Waals surface area contributed by atoms with E-state index in [9.17, 15) is 0 Å². The SMILES string of the molecule is CCCCCC(N)C1CCOC2(CCC2)C1. The molecule has 2 fully saturated rings. The van der Waals surface area contributed by atoms with Crippen LogP contribution in [0.2, 0.25) is 0 Å². The minimum Gasteiger partial charge on any atom is -0.375 e. The zero-order valence-electron chi connectivity index (χ0n) is 10.7. The second-order valence-electron chi connectivity index (χ2n) is 5.80. The third kappa shape index (κ3) is 2.78. The van der Waals surface area contributed by atoms with E-state index in [-0.39, 0.29) is 5.60 Å². The van der Waals surface area contributed by atoms with Gasteiger partial charge in [0.2, 0.25) is 0 Å². The van der Waals surface area contributed by atoms with E-state index in [1.807, 2.05) is 0 Å². The number of ether oxygens (including phenoxy) is 1. The van der Waals surface area contributed by atoms with Crippen LogP contribution in [0.5, 0.6) is 0 Å². The van der Waals surface area contributed by atoms with E-state index in [1.54, 1.807) is 0 Å². The zero-order valence-corrected chi connectivity index (χ0v) is 10.7. The fraction of sp³-hybridized carbons (Fsp3) is 1.00. The van der Waals surface area contributed by atoms with Crippen LogP contribution in [0.1, 0.15) is 64.7 Å². The van der Waals surface area contributed by atoms with E-state index >= 15 is 0 Å². The predicted molar refractivity (Wildman–Crippen MR) is 67.4 cm³/mol. The summed E-state index contributed by atoms with van der Waals surface area (Å²) in [6.45, 7) is 3.20. The van der Waals surface area contributed by atoms with E-state index < -0.39 is 0 Å². The predicted octanol–water partition coefficient (Wildman–Crippen LogP) is 3.24. The van der Waals surface area contributed by atoms with Crippen LogP contribution in [0.15, 0.2) is 0 Å². The Morgan fingerprint density at radius 1 is 1.38 bits per heavy atom. The maximum atomic E-state index is 6.33. The van der Waals surface area contributed by atoms with Gasteiger partial charge in [-0.15, -0.1) is 0 Å². The first-order valence-electron chi connectivity index (χ1n) is 7.15. The minimum atomic E-state index is 0.269. The van der Waals surface area contributed by atoms with Gasteiger partial charge >= 0.3 is 0 Å². The van der Waals surface area contributed by atoms with Gasteiger partial charge < -0.3 is 10.5 Å². The molecule has 1 spiro atoms. The summed E-state index contributed by atoms with van der Waals surface area (Å²) < 4.78 is 5.95. The quantitative estimate of drug-likeness (QED) is 0.729. The first-order valence-corrected chi connectivity index (χ1v) is 7.15. The number of nitrogens with two attached hydrogens (primary N) is 1. The van der Waals surface area contributed by atoms with Crippen molar-refractivity contribution in [3.63, 3.8) is 0 Å². The second-order valence-corrected chi connectivity index (χ2v) is 5.80. The molecule has 0 bridgehead atoms. The summed E-state index contributed by atoms with van der Waals surface area (Å²) in [4.78, 5) is 0. The van der Waals surface area contributed by atoms with E-state index in [0.717, 1.165) is 12.5 Å². The van der Waals surface area contributed by atoms with Gasteiger partial charge in [-0.05, 0) is 44.4 Å². The maximum absolute atomic E-state index is 6.33. The molecule has 1 aliphatic carbocycles. The minimum absolute atomic E-state index is 0.269. The van der Waals surface area contributed by atoms with E-state index in [2.05, 4.69) is 6.92 Å². The topological polar surface area (TPSA) is 35.2 Å². The zero-order chi connectivity index (χ0) is 11.4. The molecule has 0 radical (unpaired) electrons. The van der Waals surface area contributed by atoms with Gasteiger partial charge in [0, 0.05) is 12.6 Å². The highest BCUT2D eigenvalue weighted by atomic mass is 16.5. The van der Waals surface area contributed by atoms with Crippen LogP contribution in [-0.2, 0) is 4.74 Å². The van der Waals surface area contributed by atoms with Crippen molar-refractivity contribution in [3.05, 3.63) is 0 Å². The third-order valence-corrected chi connectivity index (χ3v) is 4.54. The first-order chi connectivity index (χ1) is 7.76. The van der Waals surface area contributed by atoms with Crippen LogP contribution < -0.4 is 5.73 Å². The van der Waals surface area contributed by atoms with Crippen molar-refractivity contribution in [2.24, 2.45) is 11.7 Å². The molecule has 1 aliphatic heterocycles. The van der Waals surface area contributed by atoms with Crippen LogP contribution in [0.4, 0.5) is 0 Å². The van der Waals surface area contributed by atoms with E-state index in [1.165, 1.54) is 57.8 Å². The Hall–Kier alpha value is -0.0800. The van der Waals surface area contributed by atoms with Crippen molar-refractivity contribution in [1.82, 2.24) is 0 Å². The highest BCUT2D eigenvalue weighted by molar-refractivity contribution is 4.95. The van der Waals surface area contributed by atoms with Crippen molar-refractivity contribution in [2.45, 2.75) is 76.4 Å². The Balaban J connectivity index is 1.75. The average molecular weight is 225 g/mol. The highest BCUT2D eigenvalue weighted by Crippen LogP contribution is 2.45. The lowest BCUT2D eigenvalue weighted by Gasteiger charge is -2.48. The molecule has 0 aromatic rings. The van der Waals surface area contributed by atoms with Crippen LogP contribution in [0, 0.1) is 5.92 Å². The molecule has 94 valence electrons. The monoisotopic (exact) mass is 225 g/mol. The lowest BCUT2D eigenvalue weighted by molar-refractivity contribution is -0.146. The van der Waals surface area contributed by atoms with Crippen molar-refractivity contribution >= 4 is 0 Å². The van der Waals surface area contributed by atoms with Gasteiger partial charge in [-0.2, -0.15) is 0 Å². The van der Waals surface area contributed by atoms with Gasteiger partial charge in [0.05, 0.1) is 5.60 Å². The summed E-state index contributed by atoms with van der Waals surface area (Å²) in [6.07, 6.45) is 11.5. The molecular weight excluding hydrogens is 198 g/mol. The summed E-state index contributed by atoms with van der Waals surface area (Å²) >= 11 is 0. The molecule has 0 amide bonds. The number of rotatable bonds is 5. The molecule has 2 aliphatic rings. The Kier molecular flexibility index (Phi) is 4.26. The van der Waals surface area contributed by atoms with Gasteiger partial charge in [0.25, 0.3) is 0 Å². The summed E-state index contributed by atoms with van der Waals surface area (Å²) in [5.74, 6) is 0.728. The molecule has 1 saturated heterocycles. The van der Waals surface area contributed by atoms with Gasteiger partial charge in [-0.1, -0.05) is 26.2 Å². The standard InChI is InChI=1S/C14H27NO/c1-2-3-4-6-13(15)12-7-10-16-14(11-12)8-5-9-14/h12-13H,2-11,15H2,1H3. The molecule has 16 heavy (non-hydrogen) atoms. The molecule has 1 heterocycles. The Morgan fingerprint density at radius 3 is 2.81 bits per heavy atom. The molecule has 2 heteroatoms. The number of hydrogen-bond donors (Lipinski definition) is 1. The molecule has 2 atom stereocenters. The lowest BCUT2D eigenvalue weighted by Crippen LogP contribution is -2.49. The van der Waals surface area contributed by atoms with Gasteiger partial charge in [0.1, 0.15) is 0 Å². The summed E-state index contributed by atoms with van der Waals surface area (Å²) in [5, 5.41) is 0. The van der Waals surface area contributed by atoms with E-state index in [0.29, 0.717) is 6.04 Å². The molecule has 2 rings (SSSR count). The molecule has 2 unspecified atom stereocenters. The van der Waals surface area contributed by atoms with Crippen molar-refractivity contribution < 1.29 is 4.74 Å². The number of hydrogen-bond acceptors (Lipinski definition) is 2. The van der Waals surface area contributed by atoms with E-state index in [4.69, 9.17) is 10.5 Å². The smallest absolute Gasteiger partial charge is 0.0685 e. The average Bonchev–Trinajstić information content (AvgIpc) is 2.27. The fourth-order valence-corrected chi connectivity index (χ4v) is 3.22. The Bertz CT molecular complexity index is 213. The molecular formula is C14H27NO. The van der Waals surface area contributed by atoms with Crippen LogP contribution in [0.3, 0.4) is 0 Å². The fourth-order valence-electron chi connectivity index (χ4n) is 3.22. The molecule has 2 N–H and O–H groups in total. The molecule has 2 nitrogen and oxygen atoms in total. The van der Waals surface area contributed by atoms with Crippen molar-refractivity contribution in [2.75, 3.05) is 6.61 Å². The normalized spacial score (nSPS) is 30.0. The Labute approximate surface area is 99.9 Å². The molecule has 0 aromatic carbocycles. The van der Waals surface area contributed by atoms with Crippen molar-refractivity contribution in [3.8, 4) is 0 Å². The second kappa shape index (κ2) is 5.50. The lowest BCUT2D eigenvalue weighted by atomic mass is 9.70. The van der Waals surface area contributed by atoms with Crippen LogP contribution in [-0.4, -0.2) is 18.2 Å². The molecule has 0 aromatic heterocycles. The van der Waals surface area contributed by atoms with Crippen LogP contribution >= 0.6 is 0 Å². The van der Waals surface area contributed by atoms with Crippen LogP contribution in [0.25, 0.3) is 0 Å². The Morgan fingerprint density at radius 2 is 2.19 bits per heavy atom. The van der Waals surface area contributed by atoms with Gasteiger partial charge in [-0.25, -0.2) is 0 Å². The molecule has 1 saturated carbocycles. The first kappa shape index (κ1) is 12.4. The number of unbranched alkanes of at least 4 members (excludes halogenated alkanes) is 2. The van der Waals surface area contributed by atoms with Gasteiger partial charge in [-0.3, -0.25) is 0 Å². The summed E-state index contributed by atoms with van der Waals surface area (Å²) in [5.41, 5.74) is 6.60. The third-order valence-electron chi connectivity index (χ3n) is 4.54.